The van der Waals surface area contributed by atoms with Crippen molar-refractivity contribution >= 4 is 27.9 Å². The van der Waals surface area contributed by atoms with E-state index in [4.69, 9.17) is 6.57 Å². The van der Waals surface area contributed by atoms with Gasteiger partial charge in [0.15, 0.2) is 5.69 Å². The van der Waals surface area contributed by atoms with E-state index in [9.17, 15) is 4.79 Å². The third kappa shape index (κ3) is 1.66. The van der Waals surface area contributed by atoms with Gasteiger partial charge in [0.2, 0.25) is 0 Å². The lowest BCUT2D eigenvalue weighted by atomic mass is 10.2. The van der Waals surface area contributed by atoms with Crippen molar-refractivity contribution in [2.24, 2.45) is 0 Å². The highest BCUT2D eigenvalue weighted by molar-refractivity contribution is 9.10. The van der Waals surface area contributed by atoms with Gasteiger partial charge in [0.1, 0.15) is 6.29 Å². The van der Waals surface area contributed by atoms with Crippen LogP contribution in [0.1, 0.15) is 10.4 Å². The van der Waals surface area contributed by atoms with Gasteiger partial charge in [-0.2, -0.15) is 0 Å². The van der Waals surface area contributed by atoms with E-state index >= 15 is 0 Å². The summed E-state index contributed by atoms with van der Waals surface area (Å²) in [5.41, 5.74) is 0.817. The summed E-state index contributed by atoms with van der Waals surface area (Å²) in [4.78, 5) is 13.6. The molecule has 0 radical (unpaired) electrons. The monoisotopic (exact) mass is 209 g/mol. The summed E-state index contributed by atoms with van der Waals surface area (Å²) < 4.78 is 0.812. The summed E-state index contributed by atoms with van der Waals surface area (Å²) in [5, 5.41) is 0. The Hall–Kier alpha value is -1.14. The summed E-state index contributed by atoms with van der Waals surface area (Å²) in [6.45, 7) is 6.71. The lowest BCUT2D eigenvalue weighted by Crippen LogP contribution is -1.78. The molecule has 0 unspecified atom stereocenters. The molecule has 0 aromatic heterocycles. The molecule has 1 rings (SSSR count). The quantitative estimate of drug-likeness (QED) is 0.515. The molecule has 0 atom stereocenters. The number of aldehydes is 1. The van der Waals surface area contributed by atoms with Crippen LogP contribution in [-0.2, 0) is 0 Å². The number of rotatable bonds is 1. The van der Waals surface area contributed by atoms with E-state index in [0.717, 1.165) is 4.47 Å². The molecular formula is C8H4BrNO. The van der Waals surface area contributed by atoms with Crippen molar-refractivity contribution in [2.45, 2.75) is 0 Å². The summed E-state index contributed by atoms with van der Waals surface area (Å²) in [7, 11) is 0. The van der Waals surface area contributed by atoms with E-state index < -0.39 is 0 Å². The lowest BCUT2D eigenvalue weighted by Gasteiger charge is -1.94. The van der Waals surface area contributed by atoms with Gasteiger partial charge in [0, 0.05) is 10.0 Å². The molecular weight excluding hydrogens is 206 g/mol. The zero-order chi connectivity index (χ0) is 8.27. The highest BCUT2D eigenvalue weighted by atomic mass is 79.9. The number of carbonyl (C=O) groups excluding carboxylic acids is 1. The molecule has 0 spiro atoms. The van der Waals surface area contributed by atoms with Crippen LogP contribution in [0.5, 0.6) is 0 Å². The van der Waals surface area contributed by atoms with Crippen LogP contribution in [0, 0.1) is 6.57 Å². The van der Waals surface area contributed by atoms with Crippen LogP contribution in [0.15, 0.2) is 22.7 Å². The van der Waals surface area contributed by atoms with Crippen LogP contribution in [0.4, 0.5) is 5.69 Å². The van der Waals surface area contributed by atoms with Gasteiger partial charge in [-0.3, -0.25) is 4.79 Å². The van der Waals surface area contributed by atoms with Gasteiger partial charge in [0.25, 0.3) is 0 Å². The highest BCUT2D eigenvalue weighted by Crippen LogP contribution is 2.21. The van der Waals surface area contributed by atoms with E-state index in [2.05, 4.69) is 20.8 Å². The Kier molecular flexibility index (Phi) is 2.40. The molecule has 0 heterocycles. The second kappa shape index (κ2) is 3.31. The molecule has 0 saturated heterocycles. The maximum Gasteiger partial charge on any atom is 0.197 e. The van der Waals surface area contributed by atoms with Crippen molar-refractivity contribution in [3.05, 3.63) is 39.7 Å². The Balaban J connectivity index is 3.30. The van der Waals surface area contributed by atoms with Gasteiger partial charge in [-0.15, -0.1) is 0 Å². The molecule has 3 heteroatoms. The summed E-state index contributed by atoms with van der Waals surface area (Å²) in [6.07, 6.45) is 0.679. The van der Waals surface area contributed by atoms with Gasteiger partial charge in [-0.05, 0) is 6.07 Å². The predicted molar refractivity (Wildman–Crippen MR) is 45.8 cm³/mol. The Labute approximate surface area is 72.8 Å². The van der Waals surface area contributed by atoms with Crippen LogP contribution in [0.3, 0.4) is 0 Å². The maximum absolute atomic E-state index is 10.4. The zero-order valence-electron chi connectivity index (χ0n) is 5.54. The molecule has 2 nitrogen and oxygen atoms in total. The van der Waals surface area contributed by atoms with Crippen LogP contribution >= 0.6 is 15.9 Å². The van der Waals surface area contributed by atoms with E-state index in [1.807, 2.05) is 0 Å². The van der Waals surface area contributed by atoms with E-state index in [-0.39, 0.29) is 0 Å². The average Bonchev–Trinajstić information content (AvgIpc) is 2.04. The Morgan fingerprint density at radius 3 is 2.82 bits per heavy atom. The molecule has 0 saturated carbocycles. The molecule has 11 heavy (non-hydrogen) atoms. The summed E-state index contributed by atoms with van der Waals surface area (Å²) in [5.74, 6) is 0. The van der Waals surface area contributed by atoms with Gasteiger partial charge >= 0.3 is 0 Å². The lowest BCUT2D eigenvalue weighted by molar-refractivity contribution is 0.112. The van der Waals surface area contributed by atoms with E-state index in [0.29, 0.717) is 17.5 Å². The minimum atomic E-state index is 0.392. The fourth-order valence-corrected chi connectivity index (χ4v) is 1.10. The Morgan fingerprint density at radius 2 is 2.27 bits per heavy atom. The first-order valence-electron chi connectivity index (χ1n) is 2.90. The normalized spacial score (nSPS) is 8.73. The number of carbonyl (C=O) groups is 1. The molecule has 54 valence electrons. The van der Waals surface area contributed by atoms with Gasteiger partial charge in [-0.1, -0.05) is 28.1 Å². The molecule has 1 aromatic carbocycles. The van der Waals surface area contributed by atoms with E-state index in [1.165, 1.54) is 0 Å². The first kappa shape index (κ1) is 7.96. The molecule has 0 aliphatic heterocycles. The van der Waals surface area contributed by atoms with Gasteiger partial charge < -0.3 is 0 Å². The number of nitrogens with zero attached hydrogens (tertiary/aromatic N) is 1. The fraction of sp³-hybridized carbons (Fsp3) is 0. The van der Waals surface area contributed by atoms with Crippen molar-refractivity contribution in [3.63, 3.8) is 0 Å². The molecule has 0 aliphatic carbocycles. The molecule has 0 bridgehead atoms. The zero-order valence-corrected chi connectivity index (χ0v) is 7.13. The molecule has 0 N–H and O–H groups in total. The van der Waals surface area contributed by atoms with Crippen LogP contribution in [0.25, 0.3) is 4.85 Å². The second-order valence-corrected chi connectivity index (χ2v) is 2.85. The predicted octanol–water partition coefficient (Wildman–Crippen LogP) is 2.81. The van der Waals surface area contributed by atoms with Gasteiger partial charge in [-0.25, -0.2) is 4.85 Å². The third-order valence-electron chi connectivity index (χ3n) is 1.24. The number of hydrogen-bond donors (Lipinski definition) is 0. The van der Waals surface area contributed by atoms with Crippen molar-refractivity contribution in [3.8, 4) is 0 Å². The van der Waals surface area contributed by atoms with E-state index in [1.54, 1.807) is 18.2 Å². The number of hydrogen-bond acceptors (Lipinski definition) is 1. The average molecular weight is 210 g/mol. The van der Waals surface area contributed by atoms with Crippen molar-refractivity contribution in [1.82, 2.24) is 0 Å². The topological polar surface area (TPSA) is 21.4 Å². The van der Waals surface area contributed by atoms with Crippen molar-refractivity contribution in [2.75, 3.05) is 0 Å². The van der Waals surface area contributed by atoms with Gasteiger partial charge in [0.05, 0.1) is 6.57 Å². The minimum absolute atomic E-state index is 0.392. The second-order valence-electron chi connectivity index (χ2n) is 1.93. The molecule has 1 aromatic rings. The number of benzene rings is 1. The number of halogens is 1. The smallest absolute Gasteiger partial charge is 0.197 e. The SMILES string of the molecule is [C-]#[N+]c1ccc(Br)cc1C=O. The molecule has 0 amide bonds. The summed E-state index contributed by atoms with van der Waals surface area (Å²) in [6, 6.07) is 4.97. The van der Waals surface area contributed by atoms with Crippen molar-refractivity contribution < 1.29 is 4.79 Å². The van der Waals surface area contributed by atoms with Crippen molar-refractivity contribution in [1.29, 1.82) is 0 Å². The molecule has 0 aliphatic rings. The minimum Gasteiger partial charge on any atom is -0.299 e. The van der Waals surface area contributed by atoms with Crippen LogP contribution in [-0.4, -0.2) is 6.29 Å². The van der Waals surface area contributed by atoms with Crippen LogP contribution in [0.2, 0.25) is 0 Å². The first-order valence-corrected chi connectivity index (χ1v) is 3.69. The highest BCUT2D eigenvalue weighted by Gasteiger charge is 1.99. The maximum atomic E-state index is 10.4. The Bertz CT molecular complexity index is 327. The fourth-order valence-electron chi connectivity index (χ4n) is 0.722. The first-order chi connectivity index (χ1) is 5.27. The third-order valence-corrected chi connectivity index (χ3v) is 1.73. The Morgan fingerprint density at radius 1 is 1.55 bits per heavy atom. The summed E-state index contributed by atoms with van der Waals surface area (Å²) >= 11 is 3.20. The molecule has 0 fully saturated rings. The van der Waals surface area contributed by atoms with Crippen LogP contribution < -0.4 is 0 Å². The standard InChI is InChI=1S/C8H4BrNO/c1-10-8-3-2-7(9)4-6(8)5-11/h2-5H. The largest absolute Gasteiger partial charge is 0.299 e.